The summed E-state index contributed by atoms with van der Waals surface area (Å²) in [6.07, 6.45) is 1.53. The lowest BCUT2D eigenvalue weighted by Gasteiger charge is -2.06. The summed E-state index contributed by atoms with van der Waals surface area (Å²) >= 11 is 0. The zero-order chi connectivity index (χ0) is 17.3. The van der Waals surface area contributed by atoms with Crippen LogP contribution in [-0.2, 0) is 7.05 Å². The zero-order valence-electron chi connectivity index (χ0n) is 13.6. The molecule has 2 amide bonds. The van der Waals surface area contributed by atoms with Gasteiger partial charge in [-0.15, -0.1) is 0 Å². The highest BCUT2D eigenvalue weighted by Gasteiger charge is 2.12. The topological polar surface area (TPSA) is 88.9 Å². The number of amides is 2. The smallest absolute Gasteiger partial charge is 0.257 e. The number of rotatable bonds is 3. The Morgan fingerprint density at radius 2 is 1.79 bits per heavy atom. The van der Waals surface area contributed by atoms with E-state index in [1.165, 1.54) is 6.20 Å². The predicted octanol–water partition coefficient (Wildman–Crippen LogP) is 1.89. The first-order valence-electron chi connectivity index (χ1n) is 7.42. The molecule has 0 radical (unpaired) electrons. The van der Waals surface area contributed by atoms with E-state index in [1.807, 2.05) is 14.0 Å². The molecule has 0 atom stereocenters. The van der Waals surface area contributed by atoms with Crippen LogP contribution < -0.4 is 10.6 Å². The van der Waals surface area contributed by atoms with Crippen LogP contribution in [0.4, 0.5) is 5.69 Å². The summed E-state index contributed by atoms with van der Waals surface area (Å²) in [5.74, 6) is -0.435. The number of hydrogen-bond acceptors (Lipinski definition) is 4. The van der Waals surface area contributed by atoms with Gasteiger partial charge in [0.1, 0.15) is 0 Å². The number of hydrogen-bond donors (Lipinski definition) is 2. The molecule has 0 aliphatic carbocycles. The zero-order valence-corrected chi connectivity index (χ0v) is 13.6. The lowest BCUT2D eigenvalue weighted by molar-refractivity contribution is 0.0962. The maximum absolute atomic E-state index is 12.4. The second-order valence-corrected chi connectivity index (χ2v) is 5.41. The van der Waals surface area contributed by atoms with Crippen molar-refractivity contribution in [2.45, 2.75) is 6.92 Å². The third-order valence-electron chi connectivity index (χ3n) is 3.76. The van der Waals surface area contributed by atoms with Crippen molar-refractivity contribution in [3.05, 3.63) is 53.3 Å². The van der Waals surface area contributed by atoms with Crippen molar-refractivity contribution in [3.63, 3.8) is 0 Å². The highest BCUT2D eigenvalue weighted by Crippen LogP contribution is 2.18. The summed E-state index contributed by atoms with van der Waals surface area (Å²) in [5.41, 5.74) is 3.15. The van der Waals surface area contributed by atoms with Gasteiger partial charge in [-0.3, -0.25) is 14.3 Å². The fraction of sp³-hybridized carbons (Fsp3) is 0.176. The molecule has 0 aliphatic heterocycles. The number of pyridine rings is 1. The van der Waals surface area contributed by atoms with Gasteiger partial charge in [-0.2, -0.15) is 5.10 Å². The number of anilines is 1. The van der Waals surface area contributed by atoms with E-state index in [-0.39, 0.29) is 11.8 Å². The normalized spacial score (nSPS) is 10.6. The van der Waals surface area contributed by atoms with Crippen LogP contribution in [0, 0.1) is 6.92 Å². The average Bonchev–Trinajstić information content (AvgIpc) is 2.88. The molecule has 0 bridgehead atoms. The van der Waals surface area contributed by atoms with Crippen LogP contribution in [0.5, 0.6) is 0 Å². The van der Waals surface area contributed by atoms with Gasteiger partial charge in [0.25, 0.3) is 11.8 Å². The summed E-state index contributed by atoms with van der Waals surface area (Å²) in [4.78, 5) is 28.2. The minimum absolute atomic E-state index is 0.172. The standard InChI is InChI=1S/C17H17N5O2/c1-10-14-8-12(9-19-15(14)22(3)21-10)17(24)20-13-6-4-11(5-7-13)16(23)18-2/h4-9H,1-3H3,(H,18,23)(H,20,24). The number of aromatic nitrogens is 3. The van der Waals surface area contributed by atoms with Crippen LogP contribution in [0.1, 0.15) is 26.4 Å². The number of nitrogens with one attached hydrogen (secondary N) is 2. The Balaban J connectivity index is 1.82. The first-order chi connectivity index (χ1) is 11.5. The summed E-state index contributed by atoms with van der Waals surface area (Å²) in [7, 11) is 3.39. The van der Waals surface area contributed by atoms with Gasteiger partial charge >= 0.3 is 0 Å². The van der Waals surface area contributed by atoms with Crippen LogP contribution in [0.2, 0.25) is 0 Å². The molecule has 0 aliphatic rings. The van der Waals surface area contributed by atoms with E-state index in [2.05, 4.69) is 20.7 Å². The monoisotopic (exact) mass is 323 g/mol. The lowest BCUT2D eigenvalue weighted by Crippen LogP contribution is -2.18. The van der Waals surface area contributed by atoms with E-state index < -0.39 is 0 Å². The van der Waals surface area contributed by atoms with Gasteiger partial charge in [-0.25, -0.2) is 4.98 Å². The molecule has 3 aromatic rings. The number of nitrogens with zero attached hydrogens (tertiary/aromatic N) is 3. The molecular weight excluding hydrogens is 306 g/mol. The molecule has 2 N–H and O–H groups in total. The molecule has 0 saturated heterocycles. The van der Waals surface area contributed by atoms with Gasteiger partial charge < -0.3 is 10.6 Å². The van der Waals surface area contributed by atoms with E-state index >= 15 is 0 Å². The van der Waals surface area contributed by atoms with E-state index in [9.17, 15) is 9.59 Å². The quantitative estimate of drug-likeness (QED) is 0.770. The van der Waals surface area contributed by atoms with Crippen molar-refractivity contribution in [3.8, 4) is 0 Å². The van der Waals surface area contributed by atoms with Gasteiger partial charge in [0, 0.05) is 36.9 Å². The summed E-state index contributed by atoms with van der Waals surface area (Å²) in [6, 6.07) is 8.45. The molecule has 0 fully saturated rings. The molecule has 24 heavy (non-hydrogen) atoms. The Kier molecular flexibility index (Phi) is 3.99. The molecule has 0 unspecified atom stereocenters. The Labute approximate surface area is 138 Å². The third kappa shape index (κ3) is 2.83. The molecule has 1 aromatic carbocycles. The van der Waals surface area contributed by atoms with Crippen molar-refractivity contribution >= 4 is 28.5 Å². The maximum Gasteiger partial charge on any atom is 0.257 e. The Morgan fingerprint density at radius 1 is 1.08 bits per heavy atom. The fourth-order valence-electron chi connectivity index (χ4n) is 2.48. The summed E-state index contributed by atoms with van der Waals surface area (Å²) in [5, 5.41) is 10.5. The number of carbonyl (C=O) groups is 2. The Bertz CT molecular complexity index is 928. The predicted molar refractivity (Wildman–Crippen MR) is 91.0 cm³/mol. The summed E-state index contributed by atoms with van der Waals surface area (Å²) < 4.78 is 1.68. The first-order valence-corrected chi connectivity index (χ1v) is 7.42. The van der Waals surface area contributed by atoms with Crippen LogP contribution in [-0.4, -0.2) is 33.6 Å². The van der Waals surface area contributed by atoms with Crippen molar-refractivity contribution in [1.29, 1.82) is 0 Å². The molecule has 3 rings (SSSR count). The van der Waals surface area contributed by atoms with Crippen molar-refractivity contribution in [1.82, 2.24) is 20.1 Å². The highest BCUT2D eigenvalue weighted by atomic mass is 16.2. The molecule has 0 saturated carbocycles. The van der Waals surface area contributed by atoms with E-state index in [0.29, 0.717) is 16.8 Å². The van der Waals surface area contributed by atoms with Gasteiger partial charge in [-0.1, -0.05) is 0 Å². The van der Waals surface area contributed by atoms with Crippen molar-refractivity contribution < 1.29 is 9.59 Å². The molecule has 7 nitrogen and oxygen atoms in total. The van der Waals surface area contributed by atoms with Crippen LogP contribution in [0.15, 0.2) is 36.5 Å². The Hall–Kier alpha value is -3.22. The van der Waals surface area contributed by atoms with Crippen molar-refractivity contribution in [2.75, 3.05) is 12.4 Å². The van der Waals surface area contributed by atoms with Gasteiger partial charge in [0.15, 0.2) is 5.65 Å². The molecule has 2 heterocycles. The van der Waals surface area contributed by atoms with Crippen LogP contribution in [0.25, 0.3) is 11.0 Å². The number of benzene rings is 1. The highest BCUT2D eigenvalue weighted by molar-refractivity contribution is 6.06. The second-order valence-electron chi connectivity index (χ2n) is 5.41. The largest absolute Gasteiger partial charge is 0.355 e. The minimum Gasteiger partial charge on any atom is -0.355 e. The fourth-order valence-corrected chi connectivity index (χ4v) is 2.48. The van der Waals surface area contributed by atoms with Gasteiger partial charge in [0.2, 0.25) is 0 Å². The van der Waals surface area contributed by atoms with Crippen LogP contribution >= 0.6 is 0 Å². The molecule has 122 valence electrons. The third-order valence-corrected chi connectivity index (χ3v) is 3.76. The van der Waals surface area contributed by atoms with E-state index in [1.54, 1.807) is 42.1 Å². The average molecular weight is 323 g/mol. The lowest BCUT2D eigenvalue weighted by atomic mass is 10.1. The maximum atomic E-state index is 12.4. The SMILES string of the molecule is CNC(=O)c1ccc(NC(=O)c2cnc3c(c2)c(C)nn3C)cc1. The number of carbonyl (C=O) groups excluding carboxylic acids is 2. The number of fused-ring (bicyclic) bond motifs is 1. The first kappa shape index (κ1) is 15.7. The van der Waals surface area contributed by atoms with E-state index in [4.69, 9.17) is 0 Å². The minimum atomic E-state index is -0.264. The molecule has 0 spiro atoms. The molecular formula is C17H17N5O2. The Morgan fingerprint density at radius 3 is 2.46 bits per heavy atom. The van der Waals surface area contributed by atoms with Gasteiger partial charge in [0.05, 0.1) is 11.3 Å². The van der Waals surface area contributed by atoms with Crippen LogP contribution in [0.3, 0.4) is 0 Å². The molecule has 2 aromatic heterocycles. The molecule has 7 heteroatoms. The van der Waals surface area contributed by atoms with E-state index in [0.717, 1.165) is 16.7 Å². The second kappa shape index (κ2) is 6.11. The van der Waals surface area contributed by atoms with Gasteiger partial charge in [-0.05, 0) is 37.3 Å². The van der Waals surface area contributed by atoms with Crippen molar-refractivity contribution in [2.24, 2.45) is 7.05 Å². The summed E-state index contributed by atoms with van der Waals surface area (Å²) in [6.45, 7) is 1.88. The number of aryl methyl sites for hydroxylation is 2.